The maximum atomic E-state index is 12.3. The van der Waals surface area contributed by atoms with Gasteiger partial charge in [0.05, 0.1) is 6.04 Å². The molecule has 0 spiro atoms. The molecule has 3 rings (SSSR count). The van der Waals surface area contributed by atoms with E-state index in [1.165, 1.54) is 5.56 Å². The lowest BCUT2D eigenvalue weighted by Crippen LogP contribution is -2.52. The van der Waals surface area contributed by atoms with E-state index in [1.807, 2.05) is 27.2 Å². The Bertz CT molecular complexity index is 761. The van der Waals surface area contributed by atoms with Crippen LogP contribution in [-0.4, -0.2) is 111 Å². The summed E-state index contributed by atoms with van der Waals surface area (Å²) in [5, 5.41) is 3.53. The van der Waals surface area contributed by atoms with Crippen molar-refractivity contribution in [2.24, 2.45) is 4.99 Å². The van der Waals surface area contributed by atoms with Gasteiger partial charge in [0.1, 0.15) is 0 Å². The van der Waals surface area contributed by atoms with Crippen molar-refractivity contribution in [1.82, 2.24) is 24.9 Å². The zero-order valence-electron chi connectivity index (χ0n) is 20.4. The molecular weight excluding hydrogens is 527 g/mol. The number of carbonyl (C=O) groups excluding carboxylic acids is 1. The van der Waals surface area contributed by atoms with Crippen LogP contribution in [0.2, 0.25) is 0 Å². The molecule has 33 heavy (non-hydrogen) atoms. The molecule has 1 amide bonds. The number of piperazine rings is 1. The van der Waals surface area contributed by atoms with Crippen LogP contribution in [-0.2, 0) is 4.79 Å². The van der Waals surface area contributed by atoms with Crippen molar-refractivity contribution in [2.75, 3.05) is 73.5 Å². The van der Waals surface area contributed by atoms with E-state index in [-0.39, 0.29) is 35.9 Å². The fourth-order valence-corrected chi connectivity index (χ4v) is 4.53. The lowest BCUT2D eigenvalue weighted by Gasteiger charge is -2.36. The third kappa shape index (κ3) is 8.57. The molecule has 2 aliphatic rings. The van der Waals surface area contributed by atoms with Gasteiger partial charge < -0.3 is 15.1 Å². The van der Waals surface area contributed by atoms with E-state index in [0.29, 0.717) is 0 Å². The van der Waals surface area contributed by atoms with Crippen LogP contribution in [0, 0.1) is 0 Å². The molecule has 7 nitrogen and oxygen atoms in total. The molecule has 2 fully saturated rings. The lowest BCUT2D eigenvalue weighted by molar-refractivity contribution is -0.133. The van der Waals surface area contributed by atoms with E-state index in [0.717, 1.165) is 77.6 Å². The number of guanidine groups is 1. The summed E-state index contributed by atoms with van der Waals surface area (Å²) in [6.45, 7) is 7.91. The van der Waals surface area contributed by atoms with Crippen LogP contribution in [0.25, 0.3) is 6.08 Å². The lowest BCUT2D eigenvalue weighted by atomic mass is 10.2. The van der Waals surface area contributed by atoms with E-state index >= 15 is 0 Å². The fourth-order valence-electron chi connectivity index (χ4n) is 4.53. The summed E-state index contributed by atoms with van der Waals surface area (Å²) in [4.78, 5) is 25.7. The van der Waals surface area contributed by atoms with Crippen LogP contribution in [0.4, 0.5) is 0 Å². The molecule has 1 atom stereocenters. The average molecular weight is 569 g/mol. The second kappa shape index (κ2) is 14.6. The Morgan fingerprint density at radius 2 is 1.88 bits per heavy atom. The quantitative estimate of drug-likeness (QED) is 0.226. The largest absolute Gasteiger partial charge is 0.356 e. The normalized spacial score (nSPS) is 20.2. The Hall–Kier alpha value is -1.65. The molecule has 1 N–H and O–H groups in total. The highest BCUT2D eigenvalue weighted by Crippen LogP contribution is 2.18. The maximum Gasteiger partial charge on any atom is 0.239 e. The highest BCUT2D eigenvalue weighted by atomic mass is 127. The van der Waals surface area contributed by atoms with E-state index in [1.54, 1.807) is 4.90 Å². The van der Waals surface area contributed by atoms with Crippen molar-refractivity contribution in [1.29, 1.82) is 0 Å². The second-order valence-electron chi connectivity index (χ2n) is 8.85. The number of hydrogen-bond donors (Lipinski definition) is 1. The van der Waals surface area contributed by atoms with Gasteiger partial charge in [-0.15, -0.1) is 24.0 Å². The molecular formula is C25H41IN6O. The van der Waals surface area contributed by atoms with Gasteiger partial charge in [-0.2, -0.15) is 0 Å². The number of likely N-dealkylation sites (N-methyl/N-ethyl adjacent to an activating group) is 1. The molecule has 2 heterocycles. The number of amides is 1. The third-order valence-electron chi connectivity index (χ3n) is 6.35. The summed E-state index contributed by atoms with van der Waals surface area (Å²) in [6, 6.07) is 10.5. The molecule has 0 saturated carbocycles. The minimum atomic E-state index is 0. The van der Waals surface area contributed by atoms with Crippen molar-refractivity contribution in [2.45, 2.75) is 25.3 Å². The highest BCUT2D eigenvalue weighted by Gasteiger charge is 2.31. The number of hydrogen-bond acceptors (Lipinski definition) is 4. The zero-order valence-corrected chi connectivity index (χ0v) is 22.8. The first-order valence-electron chi connectivity index (χ1n) is 11.9. The minimum Gasteiger partial charge on any atom is -0.356 e. The first-order valence-corrected chi connectivity index (χ1v) is 11.9. The number of likely N-dealkylation sites (tertiary alicyclic amines) is 1. The fraction of sp³-hybridized carbons (Fsp3) is 0.600. The van der Waals surface area contributed by atoms with E-state index in [9.17, 15) is 4.79 Å². The Balaban J connectivity index is 0.00000385. The van der Waals surface area contributed by atoms with E-state index < -0.39 is 0 Å². The zero-order chi connectivity index (χ0) is 22.8. The Morgan fingerprint density at radius 3 is 2.55 bits per heavy atom. The standard InChI is InChI=1S/C25H40N6O.HI/c1-26-25(27-14-9-17-30-16-8-13-23(30)24(32)28(2)3)31-20-18-29(19-21-31)15-7-12-22-10-5-4-6-11-22;/h4-7,10-12,23H,8-9,13-21H2,1-3H3,(H,26,27);1H/b12-7+;. The van der Waals surface area contributed by atoms with Gasteiger partial charge in [-0.05, 0) is 31.4 Å². The van der Waals surface area contributed by atoms with Crippen LogP contribution >= 0.6 is 24.0 Å². The summed E-state index contributed by atoms with van der Waals surface area (Å²) in [7, 11) is 5.57. The number of aliphatic imine (C=N–C) groups is 1. The topological polar surface area (TPSA) is 54.4 Å². The van der Waals surface area contributed by atoms with E-state index in [2.05, 4.69) is 61.4 Å². The van der Waals surface area contributed by atoms with E-state index in [4.69, 9.17) is 0 Å². The Labute approximate surface area is 216 Å². The summed E-state index contributed by atoms with van der Waals surface area (Å²) >= 11 is 0. The monoisotopic (exact) mass is 568 g/mol. The van der Waals surface area contributed by atoms with Crippen molar-refractivity contribution < 1.29 is 4.79 Å². The molecule has 2 saturated heterocycles. The van der Waals surface area contributed by atoms with Crippen molar-refractivity contribution >= 4 is 41.9 Å². The highest BCUT2D eigenvalue weighted by molar-refractivity contribution is 14.0. The predicted molar refractivity (Wildman–Crippen MR) is 148 cm³/mol. The van der Waals surface area contributed by atoms with Crippen molar-refractivity contribution in [3.8, 4) is 0 Å². The van der Waals surface area contributed by atoms with Crippen LogP contribution in [0.1, 0.15) is 24.8 Å². The summed E-state index contributed by atoms with van der Waals surface area (Å²) in [5.74, 6) is 1.23. The molecule has 8 heteroatoms. The van der Waals surface area contributed by atoms with Gasteiger partial charge in [0.15, 0.2) is 5.96 Å². The summed E-state index contributed by atoms with van der Waals surface area (Å²) in [6.07, 6.45) is 7.57. The van der Waals surface area contributed by atoms with Crippen molar-refractivity contribution in [3.05, 3.63) is 42.0 Å². The number of carbonyl (C=O) groups is 1. The number of nitrogens with zero attached hydrogens (tertiary/aromatic N) is 5. The van der Waals surface area contributed by atoms with Crippen molar-refractivity contribution in [3.63, 3.8) is 0 Å². The smallest absolute Gasteiger partial charge is 0.239 e. The van der Waals surface area contributed by atoms with Crippen LogP contribution < -0.4 is 5.32 Å². The first kappa shape index (κ1) is 27.6. The number of halogens is 1. The van der Waals surface area contributed by atoms with Crippen LogP contribution in [0.3, 0.4) is 0 Å². The third-order valence-corrected chi connectivity index (χ3v) is 6.35. The maximum absolute atomic E-state index is 12.3. The number of benzene rings is 1. The van der Waals surface area contributed by atoms with Gasteiger partial charge in [-0.25, -0.2) is 0 Å². The van der Waals surface area contributed by atoms with Gasteiger partial charge in [0.25, 0.3) is 0 Å². The van der Waals surface area contributed by atoms with Gasteiger partial charge in [0, 0.05) is 67.0 Å². The Morgan fingerprint density at radius 1 is 1.15 bits per heavy atom. The molecule has 184 valence electrons. The number of rotatable bonds is 8. The van der Waals surface area contributed by atoms with Gasteiger partial charge in [0.2, 0.25) is 5.91 Å². The van der Waals surface area contributed by atoms with Crippen LogP contribution in [0.15, 0.2) is 41.4 Å². The minimum absolute atomic E-state index is 0. The second-order valence-corrected chi connectivity index (χ2v) is 8.85. The molecule has 0 aliphatic carbocycles. The molecule has 2 aliphatic heterocycles. The molecule has 1 aromatic rings. The summed E-state index contributed by atoms with van der Waals surface area (Å²) < 4.78 is 0. The Kier molecular flexibility index (Phi) is 12.2. The van der Waals surface area contributed by atoms with Gasteiger partial charge in [-0.1, -0.05) is 42.5 Å². The number of nitrogens with one attached hydrogen (secondary N) is 1. The molecule has 0 aromatic heterocycles. The molecule has 0 radical (unpaired) electrons. The van der Waals surface area contributed by atoms with Gasteiger partial charge >= 0.3 is 0 Å². The average Bonchev–Trinajstić information content (AvgIpc) is 3.28. The molecule has 0 bridgehead atoms. The summed E-state index contributed by atoms with van der Waals surface area (Å²) in [5.41, 5.74) is 1.25. The first-order chi connectivity index (χ1) is 15.6. The molecule has 1 aromatic carbocycles. The molecule has 1 unspecified atom stereocenters. The van der Waals surface area contributed by atoms with Gasteiger partial charge in [-0.3, -0.25) is 19.6 Å². The van der Waals surface area contributed by atoms with Crippen LogP contribution in [0.5, 0.6) is 0 Å². The SMILES string of the molecule is CN=C(NCCCN1CCCC1C(=O)N(C)C)N1CCN(C/C=C/c2ccccc2)CC1.I. The predicted octanol–water partition coefficient (Wildman–Crippen LogP) is 2.45.